The minimum atomic E-state index is -0.547. The van der Waals surface area contributed by atoms with Crippen LogP contribution in [0.2, 0.25) is 0 Å². The first-order valence-electron chi connectivity index (χ1n) is 6.64. The number of amides is 1. The maximum absolute atomic E-state index is 12.9. The number of benzene rings is 2. The van der Waals surface area contributed by atoms with Crippen LogP contribution in [0, 0.1) is 22.9 Å². The van der Waals surface area contributed by atoms with Crippen molar-refractivity contribution >= 4 is 11.6 Å². The monoisotopic (exact) mass is 302 g/mol. The van der Waals surface area contributed by atoms with Gasteiger partial charge in [0.2, 0.25) is 0 Å². The van der Waals surface area contributed by atoms with E-state index in [1.807, 2.05) is 0 Å². The molecule has 2 rings (SSSR count). The van der Waals surface area contributed by atoms with Crippen LogP contribution in [0.5, 0.6) is 0 Å². The Morgan fingerprint density at radius 1 is 1.23 bits per heavy atom. The molecule has 0 spiro atoms. The van der Waals surface area contributed by atoms with Crippen molar-refractivity contribution in [1.82, 2.24) is 4.90 Å². The number of carbonyl (C=O) groups excluding carboxylic acids is 1. The highest BCUT2D eigenvalue weighted by atomic mass is 19.1. The standard InChI is InChI=1S/C16H15FN2O3/c1-11-4-3-5-14(15(11)19(21)22)16(20)18(2)10-12-6-8-13(17)9-7-12/h3-9H,10H2,1-2H3. The minimum absolute atomic E-state index is 0.0506. The third kappa shape index (κ3) is 3.28. The summed E-state index contributed by atoms with van der Waals surface area (Å²) in [5, 5.41) is 11.2. The molecule has 0 atom stereocenters. The summed E-state index contributed by atoms with van der Waals surface area (Å²) in [4.78, 5) is 24.4. The molecule has 0 saturated carbocycles. The first-order chi connectivity index (χ1) is 10.4. The lowest BCUT2D eigenvalue weighted by Crippen LogP contribution is -2.27. The Hall–Kier alpha value is -2.76. The second-order valence-corrected chi connectivity index (χ2v) is 5.02. The number of hydrogen-bond donors (Lipinski definition) is 0. The van der Waals surface area contributed by atoms with E-state index in [0.717, 1.165) is 5.56 Å². The third-order valence-electron chi connectivity index (χ3n) is 3.33. The van der Waals surface area contributed by atoms with E-state index in [4.69, 9.17) is 0 Å². The maximum Gasteiger partial charge on any atom is 0.285 e. The van der Waals surface area contributed by atoms with E-state index in [1.54, 1.807) is 38.2 Å². The number of nitro benzene ring substituents is 1. The van der Waals surface area contributed by atoms with Gasteiger partial charge < -0.3 is 4.90 Å². The molecule has 0 bridgehead atoms. The Balaban J connectivity index is 2.26. The molecular weight excluding hydrogens is 287 g/mol. The highest BCUT2D eigenvalue weighted by Gasteiger charge is 2.24. The smallest absolute Gasteiger partial charge is 0.285 e. The normalized spacial score (nSPS) is 10.3. The summed E-state index contributed by atoms with van der Waals surface area (Å²) in [5.74, 6) is -0.799. The molecule has 2 aromatic rings. The van der Waals surface area contributed by atoms with Gasteiger partial charge >= 0.3 is 0 Å². The van der Waals surface area contributed by atoms with Gasteiger partial charge in [-0.25, -0.2) is 4.39 Å². The molecule has 0 radical (unpaired) electrons. The van der Waals surface area contributed by atoms with Crippen LogP contribution >= 0.6 is 0 Å². The number of rotatable bonds is 4. The zero-order chi connectivity index (χ0) is 16.3. The van der Waals surface area contributed by atoms with Crippen molar-refractivity contribution in [2.45, 2.75) is 13.5 Å². The number of para-hydroxylation sites is 1. The molecule has 6 heteroatoms. The van der Waals surface area contributed by atoms with E-state index in [2.05, 4.69) is 0 Å². The molecule has 1 amide bonds. The molecule has 0 heterocycles. The highest BCUT2D eigenvalue weighted by molar-refractivity contribution is 5.98. The lowest BCUT2D eigenvalue weighted by molar-refractivity contribution is -0.385. The molecular formula is C16H15FN2O3. The van der Waals surface area contributed by atoms with Gasteiger partial charge in [0.25, 0.3) is 11.6 Å². The lowest BCUT2D eigenvalue weighted by Gasteiger charge is -2.17. The molecule has 0 N–H and O–H groups in total. The summed E-state index contributed by atoms with van der Waals surface area (Å²) in [6.07, 6.45) is 0. The average molecular weight is 302 g/mol. The first-order valence-corrected chi connectivity index (χ1v) is 6.64. The lowest BCUT2D eigenvalue weighted by atomic mass is 10.1. The molecule has 0 fully saturated rings. The van der Waals surface area contributed by atoms with Crippen LogP contribution in [0.4, 0.5) is 10.1 Å². The Bertz CT molecular complexity index is 714. The second-order valence-electron chi connectivity index (χ2n) is 5.02. The molecule has 0 aliphatic rings. The summed E-state index contributed by atoms with van der Waals surface area (Å²) >= 11 is 0. The Labute approximate surface area is 127 Å². The fraction of sp³-hybridized carbons (Fsp3) is 0.188. The SMILES string of the molecule is Cc1cccc(C(=O)N(C)Cc2ccc(F)cc2)c1[N+](=O)[O-]. The van der Waals surface area contributed by atoms with E-state index < -0.39 is 10.8 Å². The number of hydrogen-bond acceptors (Lipinski definition) is 3. The third-order valence-corrected chi connectivity index (χ3v) is 3.33. The Morgan fingerprint density at radius 3 is 2.45 bits per heavy atom. The van der Waals surface area contributed by atoms with E-state index >= 15 is 0 Å². The second kappa shape index (κ2) is 6.34. The van der Waals surface area contributed by atoms with Crippen LogP contribution in [-0.4, -0.2) is 22.8 Å². The fourth-order valence-corrected chi connectivity index (χ4v) is 2.21. The Morgan fingerprint density at radius 2 is 1.86 bits per heavy atom. The topological polar surface area (TPSA) is 63.5 Å². The molecule has 0 saturated heterocycles. The van der Waals surface area contributed by atoms with E-state index in [9.17, 15) is 19.3 Å². The molecule has 2 aromatic carbocycles. The van der Waals surface area contributed by atoms with Crippen molar-refractivity contribution in [1.29, 1.82) is 0 Å². The molecule has 0 aliphatic carbocycles. The van der Waals surface area contributed by atoms with Crippen molar-refractivity contribution in [2.24, 2.45) is 0 Å². The van der Waals surface area contributed by atoms with Crippen molar-refractivity contribution in [3.05, 3.63) is 75.1 Å². The number of nitrogens with zero attached hydrogens (tertiary/aromatic N) is 2. The van der Waals surface area contributed by atoms with Crippen molar-refractivity contribution < 1.29 is 14.1 Å². The van der Waals surface area contributed by atoms with Crippen LogP contribution in [0.1, 0.15) is 21.5 Å². The van der Waals surface area contributed by atoms with Gasteiger partial charge in [-0.15, -0.1) is 0 Å². The number of carbonyl (C=O) groups is 1. The fourth-order valence-electron chi connectivity index (χ4n) is 2.21. The predicted molar refractivity (Wildman–Crippen MR) is 80.0 cm³/mol. The van der Waals surface area contributed by atoms with Crippen LogP contribution < -0.4 is 0 Å². The van der Waals surface area contributed by atoms with Crippen LogP contribution in [0.15, 0.2) is 42.5 Å². The molecule has 0 aromatic heterocycles. The average Bonchev–Trinajstić information content (AvgIpc) is 2.48. The van der Waals surface area contributed by atoms with Crippen LogP contribution in [-0.2, 0) is 6.54 Å². The maximum atomic E-state index is 12.9. The summed E-state index contributed by atoms with van der Waals surface area (Å²) in [6, 6.07) is 10.4. The molecule has 22 heavy (non-hydrogen) atoms. The quantitative estimate of drug-likeness (QED) is 0.643. The van der Waals surface area contributed by atoms with Crippen LogP contribution in [0.25, 0.3) is 0 Å². The predicted octanol–water partition coefficient (Wildman–Crippen LogP) is 3.31. The Kier molecular flexibility index (Phi) is 4.50. The number of halogens is 1. The van der Waals surface area contributed by atoms with Gasteiger partial charge in [0, 0.05) is 19.2 Å². The van der Waals surface area contributed by atoms with Gasteiger partial charge in [-0.1, -0.05) is 24.3 Å². The summed E-state index contributed by atoms with van der Waals surface area (Å²) < 4.78 is 12.9. The van der Waals surface area contributed by atoms with Crippen molar-refractivity contribution in [2.75, 3.05) is 7.05 Å². The summed E-state index contributed by atoms with van der Waals surface area (Å²) in [7, 11) is 1.55. The van der Waals surface area contributed by atoms with E-state index in [-0.39, 0.29) is 23.6 Å². The summed E-state index contributed by atoms with van der Waals surface area (Å²) in [6.45, 7) is 1.83. The van der Waals surface area contributed by atoms with Crippen molar-refractivity contribution in [3.8, 4) is 0 Å². The van der Waals surface area contributed by atoms with Gasteiger partial charge in [0.05, 0.1) is 4.92 Å². The van der Waals surface area contributed by atoms with Gasteiger partial charge in [0.15, 0.2) is 0 Å². The van der Waals surface area contributed by atoms with Gasteiger partial charge in [-0.3, -0.25) is 14.9 Å². The molecule has 0 aliphatic heterocycles. The highest BCUT2D eigenvalue weighted by Crippen LogP contribution is 2.24. The van der Waals surface area contributed by atoms with E-state index in [1.165, 1.54) is 23.1 Å². The summed E-state index contributed by atoms with van der Waals surface area (Å²) in [5.41, 5.74) is 1.05. The largest absolute Gasteiger partial charge is 0.337 e. The van der Waals surface area contributed by atoms with Crippen molar-refractivity contribution in [3.63, 3.8) is 0 Å². The van der Waals surface area contributed by atoms with Crippen LogP contribution in [0.3, 0.4) is 0 Å². The van der Waals surface area contributed by atoms with Gasteiger partial charge in [0.1, 0.15) is 11.4 Å². The van der Waals surface area contributed by atoms with E-state index in [0.29, 0.717) is 5.56 Å². The number of nitro groups is 1. The first kappa shape index (κ1) is 15.6. The van der Waals surface area contributed by atoms with Gasteiger partial charge in [-0.2, -0.15) is 0 Å². The van der Waals surface area contributed by atoms with Gasteiger partial charge in [-0.05, 0) is 30.7 Å². The molecule has 0 unspecified atom stereocenters. The zero-order valence-electron chi connectivity index (χ0n) is 12.2. The zero-order valence-corrected chi connectivity index (χ0v) is 12.2. The number of aryl methyl sites for hydroxylation is 1. The minimum Gasteiger partial charge on any atom is -0.337 e. The molecule has 114 valence electrons. The molecule has 5 nitrogen and oxygen atoms in total.